The van der Waals surface area contributed by atoms with Gasteiger partial charge in [-0.1, -0.05) is 48.0 Å². The van der Waals surface area contributed by atoms with E-state index in [0.717, 1.165) is 12.8 Å². The van der Waals surface area contributed by atoms with Crippen LogP contribution in [0.15, 0.2) is 48.5 Å². The second-order valence-corrected chi connectivity index (χ2v) is 5.48. The molecule has 0 saturated heterocycles. The number of rotatable bonds is 1. The normalized spacial score (nSPS) is 22.1. The Hall–Kier alpha value is -1.76. The zero-order valence-electron chi connectivity index (χ0n) is 11.0. The second kappa shape index (κ2) is 4.16. The number of nitrogens with one attached hydrogen (secondary N) is 1. The quantitative estimate of drug-likeness (QED) is 0.781. The van der Waals surface area contributed by atoms with E-state index in [2.05, 4.69) is 67.7 Å². The molecule has 0 aliphatic carbocycles. The van der Waals surface area contributed by atoms with E-state index in [0.29, 0.717) is 0 Å². The minimum Gasteiger partial charge on any atom is -0.376 e. The van der Waals surface area contributed by atoms with Gasteiger partial charge in [0.1, 0.15) is 0 Å². The van der Waals surface area contributed by atoms with Crippen LogP contribution in [0, 0.1) is 6.92 Å². The summed E-state index contributed by atoms with van der Waals surface area (Å²) in [6.45, 7) is 4.46. The molecule has 2 aromatic rings. The van der Waals surface area contributed by atoms with Gasteiger partial charge in [-0.3, -0.25) is 0 Å². The standard InChI is InChI=1S/C17H19N/c1-13-6-5-8-15(12-13)17(2)11-10-14-7-3-4-9-16(14)18-17/h3-9,12,18H,10-11H2,1-2H3. The lowest BCUT2D eigenvalue weighted by molar-refractivity contribution is 0.479. The maximum absolute atomic E-state index is 3.72. The third-order valence-electron chi connectivity index (χ3n) is 3.98. The summed E-state index contributed by atoms with van der Waals surface area (Å²) in [5.41, 5.74) is 5.49. The van der Waals surface area contributed by atoms with Crippen molar-refractivity contribution in [1.82, 2.24) is 0 Å². The molecule has 0 radical (unpaired) electrons. The first-order valence-electron chi connectivity index (χ1n) is 6.61. The zero-order valence-corrected chi connectivity index (χ0v) is 11.0. The Morgan fingerprint density at radius 3 is 2.72 bits per heavy atom. The third-order valence-corrected chi connectivity index (χ3v) is 3.98. The molecule has 3 rings (SSSR count). The highest BCUT2D eigenvalue weighted by Crippen LogP contribution is 2.37. The minimum absolute atomic E-state index is 0.0559. The molecule has 1 N–H and O–H groups in total. The molecule has 1 aliphatic rings. The van der Waals surface area contributed by atoms with Crippen molar-refractivity contribution in [3.05, 3.63) is 65.2 Å². The van der Waals surface area contributed by atoms with Gasteiger partial charge in [-0.25, -0.2) is 0 Å². The first-order valence-corrected chi connectivity index (χ1v) is 6.61. The van der Waals surface area contributed by atoms with Gasteiger partial charge in [-0.15, -0.1) is 0 Å². The lowest BCUT2D eigenvalue weighted by Gasteiger charge is -2.37. The van der Waals surface area contributed by atoms with Crippen LogP contribution in [0.3, 0.4) is 0 Å². The molecule has 0 bridgehead atoms. The van der Waals surface area contributed by atoms with Crippen LogP contribution >= 0.6 is 0 Å². The van der Waals surface area contributed by atoms with Gasteiger partial charge in [0.2, 0.25) is 0 Å². The molecule has 18 heavy (non-hydrogen) atoms. The van der Waals surface area contributed by atoms with Crippen LogP contribution in [-0.4, -0.2) is 0 Å². The topological polar surface area (TPSA) is 12.0 Å². The van der Waals surface area contributed by atoms with Crippen LogP contribution < -0.4 is 5.32 Å². The first-order chi connectivity index (χ1) is 8.67. The van der Waals surface area contributed by atoms with E-state index in [9.17, 15) is 0 Å². The zero-order chi connectivity index (χ0) is 12.6. The van der Waals surface area contributed by atoms with E-state index >= 15 is 0 Å². The van der Waals surface area contributed by atoms with Gasteiger partial charge < -0.3 is 5.32 Å². The van der Waals surface area contributed by atoms with Crippen molar-refractivity contribution in [3.63, 3.8) is 0 Å². The average molecular weight is 237 g/mol. The first kappa shape index (κ1) is 11.3. The van der Waals surface area contributed by atoms with Crippen molar-refractivity contribution in [2.24, 2.45) is 0 Å². The number of fused-ring (bicyclic) bond motifs is 1. The Labute approximate surface area is 109 Å². The second-order valence-electron chi connectivity index (χ2n) is 5.48. The molecule has 2 aromatic carbocycles. The lowest BCUT2D eigenvalue weighted by atomic mass is 9.82. The van der Waals surface area contributed by atoms with Crippen molar-refractivity contribution in [2.45, 2.75) is 32.2 Å². The van der Waals surface area contributed by atoms with Gasteiger partial charge in [0.15, 0.2) is 0 Å². The third kappa shape index (κ3) is 1.90. The van der Waals surface area contributed by atoms with E-state index in [-0.39, 0.29) is 5.54 Å². The molecule has 1 unspecified atom stereocenters. The van der Waals surface area contributed by atoms with Crippen molar-refractivity contribution < 1.29 is 0 Å². The number of benzene rings is 2. The van der Waals surface area contributed by atoms with E-state index in [4.69, 9.17) is 0 Å². The van der Waals surface area contributed by atoms with Gasteiger partial charge in [0.25, 0.3) is 0 Å². The van der Waals surface area contributed by atoms with Crippen molar-refractivity contribution >= 4 is 5.69 Å². The van der Waals surface area contributed by atoms with Crippen molar-refractivity contribution in [1.29, 1.82) is 0 Å². The Morgan fingerprint density at radius 1 is 1.06 bits per heavy atom. The van der Waals surface area contributed by atoms with E-state index in [1.54, 1.807) is 0 Å². The fourth-order valence-corrected chi connectivity index (χ4v) is 2.81. The molecule has 1 nitrogen and oxygen atoms in total. The van der Waals surface area contributed by atoms with Gasteiger partial charge >= 0.3 is 0 Å². The molecule has 1 heteroatoms. The molecule has 92 valence electrons. The van der Waals surface area contributed by atoms with Crippen molar-refractivity contribution in [2.75, 3.05) is 5.32 Å². The number of hydrogen-bond acceptors (Lipinski definition) is 1. The van der Waals surface area contributed by atoms with Crippen LogP contribution in [-0.2, 0) is 12.0 Å². The SMILES string of the molecule is Cc1cccc(C2(C)CCc3ccccc3N2)c1. The fourth-order valence-electron chi connectivity index (χ4n) is 2.81. The number of anilines is 1. The summed E-state index contributed by atoms with van der Waals surface area (Å²) in [5.74, 6) is 0. The summed E-state index contributed by atoms with van der Waals surface area (Å²) in [7, 11) is 0. The van der Waals surface area contributed by atoms with Crippen molar-refractivity contribution in [3.8, 4) is 0 Å². The number of para-hydroxylation sites is 1. The summed E-state index contributed by atoms with van der Waals surface area (Å²) in [6, 6.07) is 17.5. The summed E-state index contributed by atoms with van der Waals surface area (Å²) in [6.07, 6.45) is 2.29. The maximum atomic E-state index is 3.72. The maximum Gasteiger partial charge on any atom is 0.0600 e. The summed E-state index contributed by atoms with van der Waals surface area (Å²) < 4.78 is 0. The lowest BCUT2D eigenvalue weighted by Crippen LogP contribution is -2.35. The Kier molecular flexibility index (Phi) is 2.62. The largest absolute Gasteiger partial charge is 0.376 e. The van der Waals surface area contributed by atoms with Gasteiger partial charge in [-0.05, 0) is 43.9 Å². The van der Waals surface area contributed by atoms with Crippen LogP contribution in [0.5, 0.6) is 0 Å². The highest BCUT2D eigenvalue weighted by atomic mass is 15.0. The molecule has 1 aliphatic heterocycles. The molecule has 1 atom stereocenters. The molecular formula is C17H19N. The summed E-state index contributed by atoms with van der Waals surface area (Å²) in [4.78, 5) is 0. The molecule has 1 heterocycles. The molecule has 0 spiro atoms. The molecule has 0 aromatic heterocycles. The number of aryl methyl sites for hydroxylation is 2. The van der Waals surface area contributed by atoms with Gasteiger partial charge in [0, 0.05) is 5.69 Å². The minimum atomic E-state index is 0.0559. The molecule has 0 amide bonds. The highest BCUT2D eigenvalue weighted by molar-refractivity contribution is 5.56. The van der Waals surface area contributed by atoms with Crippen LogP contribution in [0.2, 0.25) is 0 Å². The predicted molar refractivity (Wildman–Crippen MR) is 76.9 cm³/mol. The van der Waals surface area contributed by atoms with Gasteiger partial charge in [-0.2, -0.15) is 0 Å². The van der Waals surface area contributed by atoms with E-state index < -0.39 is 0 Å². The van der Waals surface area contributed by atoms with Crippen LogP contribution in [0.25, 0.3) is 0 Å². The highest BCUT2D eigenvalue weighted by Gasteiger charge is 2.30. The van der Waals surface area contributed by atoms with E-state index in [1.165, 1.54) is 22.4 Å². The monoisotopic (exact) mass is 237 g/mol. The average Bonchev–Trinajstić information content (AvgIpc) is 2.38. The number of hydrogen-bond donors (Lipinski definition) is 1. The smallest absolute Gasteiger partial charge is 0.0600 e. The summed E-state index contributed by atoms with van der Waals surface area (Å²) in [5, 5.41) is 3.72. The Bertz CT molecular complexity index is 573. The predicted octanol–water partition coefficient (Wildman–Crippen LogP) is 4.27. The fraction of sp³-hybridized carbons (Fsp3) is 0.294. The Morgan fingerprint density at radius 2 is 1.89 bits per heavy atom. The van der Waals surface area contributed by atoms with Crippen LogP contribution in [0.1, 0.15) is 30.0 Å². The van der Waals surface area contributed by atoms with Crippen LogP contribution in [0.4, 0.5) is 5.69 Å². The van der Waals surface area contributed by atoms with Gasteiger partial charge in [0.05, 0.1) is 5.54 Å². The summed E-state index contributed by atoms with van der Waals surface area (Å²) >= 11 is 0. The Balaban J connectivity index is 1.99. The molecule has 0 saturated carbocycles. The van der Waals surface area contributed by atoms with E-state index in [1.807, 2.05) is 0 Å². The molecule has 0 fully saturated rings. The molecular weight excluding hydrogens is 218 g/mol.